The first-order valence-corrected chi connectivity index (χ1v) is 12.7. The summed E-state index contributed by atoms with van der Waals surface area (Å²) in [6, 6.07) is 18.8. The van der Waals surface area contributed by atoms with E-state index in [0.29, 0.717) is 13.2 Å². The van der Waals surface area contributed by atoms with Crippen molar-refractivity contribution < 1.29 is 14.2 Å². The topological polar surface area (TPSA) is 48.8 Å². The summed E-state index contributed by atoms with van der Waals surface area (Å²) in [4.78, 5) is 2.52. The summed E-state index contributed by atoms with van der Waals surface area (Å²) in [5.41, 5.74) is 3.37. The summed E-state index contributed by atoms with van der Waals surface area (Å²) in [5.74, 6) is 1.83. The molecule has 0 aliphatic carbocycles. The molecule has 0 N–H and O–H groups in total. The highest BCUT2D eigenvalue weighted by atomic mass is 16.5. The zero-order valence-electron chi connectivity index (χ0n) is 21.4. The van der Waals surface area contributed by atoms with Gasteiger partial charge in [0.1, 0.15) is 23.7 Å². The van der Waals surface area contributed by atoms with E-state index in [1.165, 1.54) is 11.1 Å². The zero-order chi connectivity index (χ0) is 24.5. The van der Waals surface area contributed by atoms with Crippen molar-refractivity contribution in [1.29, 1.82) is 0 Å². The monoisotopic (exact) mass is 477 g/mol. The van der Waals surface area contributed by atoms with Crippen molar-refractivity contribution in [3.63, 3.8) is 0 Å². The van der Waals surface area contributed by atoms with Gasteiger partial charge in [-0.15, -0.1) is 0 Å². The van der Waals surface area contributed by atoms with Crippen molar-refractivity contribution in [2.24, 2.45) is 0 Å². The van der Waals surface area contributed by atoms with Crippen LogP contribution in [0.5, 0.6) is 11.5 Å². The van der Waals surface area contributed by atoms with Crippen LogP contribution in [0.3, 0.4) is 0 Å². The standard InChI is InChI=1S/C29H39N3O3/c1-24-6-10-28(11-7-24)35-23-29(33-3)15-4-17-31(20-16-29)22-26-8-12-27(13-9-26)34-21-5-18-32-19-14-25(2)30-32/h6-14,19H,4-5,15-18,20-23H2,1-3H3. The van der Waals surface area contributed by atoms with Gasteiger partial charge in [0.05, 0.1) is 12.3 Å². The number of hydrogen-bond acceptors (Lipinski definition) is 5. The van der Waals surface area contributed by atoms with Gasteiger partial charge in [0.15, 0.2) is 0 Å². The Balaban J connectivity index is 1.21. The van der Waals surface area contributed by atoms with Crippen LogP contribution in [0.2, 0.25) is 0 Å². The molecule has 1 saturated heterocycles. The molecule has 0 bridgehead atoms. The van der Waals surface area contributed by atoms with Crippen LogP contribution >= 0.6 is 0 Å². The first kappa shape index (κ1) is 25.3. The van der Waals surface area contributed by atoms with E-state index in [1.807, 2.05) is 43.1 Å². The van der Waals surface area contributed by atoms with Gasteiger partial charge >= 0.3 is 0 Å². The van der Waals surface area contributed by atoms with E-state index < -0.39 is 0 Å². The molecule has 6 heteroatoms. The van der Waals surface area contributed by atoms with Crippen molar-refractivity contribution in [2.75, 3.05) is 33.4 Å². The first-order chi connectivity index (χ1) is 17.0. The number of methoxy groups -OCH3 is 1. The third-order valence-electron chi connectivity index (χ3n) is 6.85. The fourth-order valence-electron chi connectivity index (χ4n) is 4.59. The van der Waals surface area contributed by atoms with Crippen LogP contribution in [0.25, 0.3) is 0 Å². The van der Waals surface area contributed by atoms with E-state index >= 15 is 0 Å². The lowest BCUT2D eigenvalue weighted by Gasteiger charge is -2.31. The molecular formula is C29H39N3O3. The Morgan fingerprint density at radius 1 is 0.886 bits per heavy atom. The normalized spacial score (nSPS) is 18.8. The van der Waals surface area contributed by atoms with E-state index in [-0.39, 0.29) is 5.60 Å². The Kier molecular flexibility index (Phi) is 8.83. The minimum atomic E-state index is -0.230. The Hall–Kier alpha value is -2.83. The lowest BCUT2D eigenvalue weighted by atomic mass is 9.95. The van der Waals surface area contributed by atoms with Crippen molar-refractivity contribution in [3.8, 4) is 11.5 Å². The Bertz CT molecular complexity index is 1030. The van der Waals surface area contributed by atoms with Crippen molar-refractivity contribution in [2.45, 2.75) is 58.2 Å². The Labute approximate surface area is 209 Å². The van der Waals surface area contributed by atoms with E-state index in [4.69, 9.17) is 14.2 Å². The van der Waals surface area contributed by atoms with Crippen molar-refractivity contribution >= 4 is 0 Å². The van der Waals surface area contributed by atoms with Gasteiger partial charge in [-0.05, 0) is 75.5 Å². The number of benzene rings is 2. The maximum Gasteiger partial charge on any atom is 0.119 e. The number of hydrogen-bond donors (Lipinski definition) is 0. The smallest absolute Gasteiger partial charge is 0.119 e. The summed E-state index contributed by atoms with van der Waals surface area (Å²) in [7, 11) is 1.82. The minimum absolute atomic E-state index is 0.230. The van der Waals surface area contributed by atoms with Crippen LogP contribution in [0.15, 0.2) is 60.8 Å². The van der Waals surface area contributed by atoms with Crippen molar-refractivity contribution in [1.82, 2.24) is 14.7 Å². The lowest BCUT2D eigenvalue weighted by Crippen LogP contribution is -2.39. The van der Waals surface area contributed by atoms with Gasteiger partial charge in [0.2, 0.25) is 0 Å². The van der Waals surface area contributed by atoms with Crippen molar-refractivity contribution in [3.05, 3.63) is 77.6 Å². The molecule has 0 amide bonds. The van der Waals surface area contributed by atoms with Crippen LogP contribution in [0.4, 0.5) is 0 Å². The first-order valence-electron chi connectivity index (χ1n) is 12.7. The summed E-state index contributed by atoms with van der Waals surface area (Å²) in [6.45, 7) is 9.26. The average molecular weight is 478 g/mol. The summed E-state index contributed by atoms with van der Waals surface area (Å²) in [6.07, 6.45) is 6.03. The van der Waals surface area contributed by atoms with Crippen LogP contribution in [-0.4, -0.2) is 53.7 Å². The van der Waals surface area contributed by atoms with Gasteiger partial charge < -0.3 is 14.2 Å². The van der Waals surface area contributed by atoms with E-state index in [1.54, 1.807) is 0 Å². The summed E-state index contributed by atoms with van der Waals surface area (Å²) < 4.78 is 20.0. The zero-order valence-corrected chi connectivity index (χ0v) is 21.4. The molecule has 35 heavy (non-hydrogen) atoms. The summed E-state index contributed by atoms with van der Waals surface area (Å²) >= 11 is 0. The maximum absolute atomic E-state index is 6.12. The molecule has 1 aliphatic rings. The van der Waals surface area contributed by atoms with Gasteiger partial charge in [-0.25, -0.2) is 0 Å². The molecule has 2 heterocycles. The number of nitrogens with zero attached hydrogens (tertiary/aromatic N) is 3. The second-order valence-electron chi connectivity index (χ2n) is 9.68. The van der Waals surface area contributed by atoms with Gasteiger partial charge in [0, 0.05) is 39.4 Å². The highest BCUT2D eigenvalue weighted by Crippen LogP contribution is 2.28. The largest absolute Gasteiger partial charge is 0.494 e. The SMILES string of the molecule is COC1(COc2ccc(C)cc2)CCCN(Cc2ccc(OCCCn3ccc(C)n3)cc2)CC1. The minimum Gasteiger partial charge on any atom is -0.494 e. The van der Waals surface area contributed by atoms with E-state index in [2.05, 4.69) is 53.3 Å². The van der Waals surface area contributed by atoms with Crippen LogP contribution in [0.1, 0.15) is 42.5 Å². The highest BCUT2D eigenvalue weighted by molar-refractivity contribution is 5.27. The van der Waals surface area contributed by atoms with Gasteiger partial charge in [-0.1, -0.05) is 29.8 Å². The van der Waals surface area contributed by atoms with E-state index in [0.717, 1.165) is 69.1 Å². The molecule has 3 aromatic rings. The fraction of sp³-hybridized carbons (Fsp3) is 0.483. The molecule has 188 valence electrons. The molecule has 1 fully saturated rings. The molecule has 0 radical (unpaired) electrons. The van der Waals surface area contributed by atoms with Crippen LogP contribution in [-0.2, 0) is 17.8 Å². The van der Waals surface area contributed by atoms with Crippen LogP contribution < -0.4 is 9.47 Å². The number of likely N-dealkylation sites (tertiary alicyclic amines) is 1. The second kappa shape index (κ2) is 12.2. The molecule has 2 aromatic carbocycles. The maximum atomic E-state index is 6.12. The second-order valence-corrected chi connectivity index (χ2v) is 9.68. The number of aryl methyl sites for hydroxylation is 3. The predicted molar refractivity (Wildman–Crippen MR) is 139 cm³/mol. The molecule has 1 atom stereocenters. The molecule has 1 unspecified atom stereocenters. The Morgan fingerprint density at radius 2 is 1.63 bits per heavy atom. The van der Waals surface area contributed by atoms with E-state index in [9.17, 15) is 0 Å². The van der Waals surface area contributed by atoms with Crippen LogP contribution in [0, 0.1) is 13.8 Å². The molecule has 0 spiro atoms. The molecule has 0 saturated carbocycles. The predicted octanol–water partition coefficient (Wildman–Crippen LogP) is 5.42. The lowest BCUT2D eigenvalue weighted by molar-refractivity contribution is -0.0541. The van der Waals surface area contributed by atoms with Gasteiger partial charge in [-0.2, -0.15) is 5.10 Å². The third kappa shape index (κ3) is 7.58. The number of aromatic nitrogens is 2. The molecule has 4 rings (SSSR count). The summed E-state index contributed by atoms with van der Waals surface area (Å²) in [5, 5.41) is 4.41. The fourth-order valence-corrected chi connectivity index (χ4v) is 4.59. The highest BCUT2D eigenvalue weighted by Gasteiger charge is 2.33. The van der Waals surface area contributed by atoms with Gasteiger partial charge in [0.25, 0.3) is 0 Å². The molecule has 6 nitrogen and oxygen atoms in total. The third-order valence-corrected chi connectivity index (χ3v) is 6.85. The molecule has 1 aliphatic heterocycles. The number of ether oxygens (including phenoxy) is 3. The molecular weight excluding hydrogens is 438 g/mol. The average Bonchev–Trinajstić information content (AvgIpc) is 3.18. The van der Waals surface area contributed by atoms with Gasteiger partial charge in [-0.3, -0.25) is 9.58 Å². The quantitative estimate of drug-likeness (QED) is 0.345. The Morgan fingerprint density at radius 3 is 2.34 bits per heavy atom. The molecule has 1 aromatic heterocycles. The number of rotatable bonds is 11.